The minimum Gasteiger partial charge on any atom is -0.497 e. The molecule has 0 spiro atoms. The zero-order chi connectivity index (χ0) is 27.3. The Bertz CT molecular complexity index is 1120. The second-order valence-electron chi connectivity index (χ2n) is 9.39. The molecule has 2 fully saturated rings. The van der Waals surface area contributed by atoms with Crippen molar-refractivity contribution in [3.8, 4) is 11.5 Å². The first-order valence-corrected chi connectivity index (χ1v) is 12.6. The van der Waals surface area contributed by atoms with Gasteiger partial charge >= 0.3 is 12.1 Å². The Morgan fingerprint density at radius 3 is 2.45 bits per heavy atom. The van der Waals surface area contributed by atoms with Gasteiger partial charge in [0, 0.05) is 57.5 Å². The fraction of sp³-hybridized carbons (Fsp3) is 0.560. The lowest BCUT2D eigenvalue weighted by molar-refractivity contribution is -0.192. The molecule has 38 heavy (non-hydrogen) atoms. The second-order valence-corrected chi connectivity index (χ2v) is 9.39. The molecule has 0 unspecified atom stereocenters. The normalized spacial score (nSPS) is 18.0. The van der Waals surface area contributed by atoms with Crippen molar-refractivity contribution in [3.63, 3.8) is 0 Å². The number of hydrogen-bond donors (Lipinski definition) is 3. The van der Waals surface area contributed by atoms with Crippen molar-refractivity contribution in [2.24, 2.45) is 0 Å². The van der Waals surface area contributed by atoms with Gasteiger partial charge in [0.25, 0.3) is 0 Å². The fourth-order valence-corrected chi connectivity index (χ4v) is 4.38. The number of benzene rings is 1. The molecule has 0 amide bonds. The van der Waals surface area contributed by atoms with Crippen molar-refractivity contribution in [2.75, 3.05) is 37.0 Å². The number of carboxylic acids is 1. The number of nitrogens with one attached hydrogen (secondary N) is 2. The third-order valence-corrected chi connectivity index (χ3v) is 6.73. The molecule has 2 aromatic rings. The van der Waals surface area contributed by atoms with Crippen LogP contribution in [0.4, 0.5) is 29.2 Å². The van der Waals surface area contributed by atoms with Crippen LogP contribution in [0.5, 0.6) is 11.5 Å². The van der Waals surface area contributed by atoms with E-state index in [-0.39, 0.29) is 17.7 Å². The fourth-order valence-electron chi connectivity index (χ4n) is 4.38. The molecule has 1 aromatic carbocycles. The molecule has 2 aliphatic heterocycles. The molecule has 0 bridgehead atoms. The second kappa shape index (κ2) is 12.0. The molecule has 3 heterocycles. The molecule has 9 nitrogen and oxygen atoms in total. The highest BCUT2D eigenvalue weighted by Crippen LogP contribution is 2.32. The van der Waals surface area contributed by atoms with Crippen molar-refractivity contribution in [3.05, 3.63) is 35.4 Å². The summed E-state index contributed by atoms with van der Waals surface area (Å²) in [6, 6.07) is 5.23. The summed E-state index contributed by atoms with van der Waals surface area (Å²) >= 11 is 0. The molecular formula is C25H31F4N5O4. The number of carboxylic acid groups (broad SMARTS) is 1. The summed E-state index contributed by atoms with van der Waals surface area (Å²) in [7, 11) is 1.53. The molecule has 1 saturated heterocycles. The van der Waals surface area contributed by atoms with Gasteiger partial charge in [0.15, 0.2) is 23.2 Å². The van der Waals surface area contributed by atoms with E-state index in [1.807, 2.05) is 0 Å². The van der Waals surface area contributed by atoms with Gasteiger partial charge in [-0.2, -0.15) is 13.2 Å². The number of hydrogen-bond acceptors (Lipinski definition) is 8. The van der Waals surface area contributed by atoms with Crippen LogP contribution in [0.25, 0.3) is 0 Å². The average molecular weight is 542 g/mol. The molecule has 1 aromatic heterocycles. The molecule has 5 rings (SSSR count). The van der Waals surface area contributed by atoms with E-state index in [9.17, 15) is 17.6 Å². The minimum absolute atomic E-state index is 0.0190. The Morgan fingerprint density at radius 1 is 1.16 bits per heavy atom. The maximum absolute atomic E-state index is 14.3. The smallest absolute Gasteiger partial charge is 0.490 e. The van der Waals surface area contributed by atoms with E-state index >= 15 is 0 Å². The number of fused-ring (bicyclic) bond motifs is 1. The van der Waals surface area contributed by atoms with Crippen LogP contribution in [-0.4, -0.2) is 66.1 Å². The number of nitrogens with zero attached hydrogens (tertiary/aromatic N) is 3. The van der Waals surface area contributed by atoms with Crippen LogP contribution in [0.15, 0.2) is 18.2 Å². The Kier molecular flexibility index (Phi) is 8.75. The number of piperidine rings is 1. The first-order valence-electron chi connectivity index (χ1n) is 12.6. The number of rotatable bonds is 6. The Morgan fingerprint density at radius 2 is 1.87 bits per heavy atom. The third kappa shape index (κ3) is 6.94. The zero-order valence-corrected chi connectivity index (χ0v) is 21.0. The molecule has 1 aliphatic carbocycles. The van der Waals surface area contributed by atoms with Crippen molar-refractivity contribution in [2.45, 2.75) is 63.4 Å². The highest BCUT2D eigenvalue weighted by Gasteiger charge is 2.38. The highest BCUT2D eigenvalue weighted by atomic mass is 19.4. The summed E-state index contributed by atoms with van der Waals surface area (Å²) in [4.78, 5) is 21.2. The molecule has 0 atom stereocenters. The Hall–Kier alpha value is -3.35. The number of carbonyl (C=O) groups is 1. The summed E-state index contributed by atoms with van der Waals surface area (Å²) < 4.78 is 57.0. The van der Waals surface area contributed by atoms with Crippen LogP contribution >= 0.6 is 0 Å². The van der Waals surface area contributed by atoms with Gasteiger partial charge < -0.3 is 30.1 Å². The number of methoxy groups -OCH3 is 1. The third-order valence-electron chi connectivity index (χ3n) is 6.73. The van der Waals surface area contributed by atoms with Gasteiger partial charge in [-0.1, -0.05) is 0 Å². The lowest BCUT2D eigenvalue weighted by atomic mass is 9.93. The van der Waals surface area contributed by atoms with Crippen LogP contribution in [0.1, 0.15) is 43.5 Å². The number of halogens is 4. The van der Waals surface area contributed by atoms with E-state index in [1.54, 1.807) is 12.1 Å². The summed E-state index contributed by atoms with van der Waals surface area (Å²) in [6.07, 6.45) is 1.11. The van der Waals surface area contributed by atoms with Crippen LogP contribution in [0.2, 0.25) is 0 Å². The maximum atomic E-state index is 14.3. The lowest BCUT2D eigenvalue weighted by Gasteiger charge is -2.36. The highest BCUT2D eigenvalue weighted by molar-refractivity contribution is 5.73. The predicted molar refractivity (Wildman–Crippen MR) is 131 cm³/mol. The number of ether oxygens (including phenoxy) is 2. The summed E-state index contributed by atoms with van der Waals surface area (Å²) in [5.41, 5.74) is 2.16. The van der Waals surface area contributed by atoms with Gasteiger partial charge in [0.1, 0.15) is 11.9 Å². The van der Waals surface area contributed by atoms with Crippen molar-refractivity contribution >= 4 is 17.6 Å². The van der Waals surface area contributed by atoms with Gasteiger partial charge in [-0.15, -0.1) is 0 Å². The van der Waals surface area contributed by atoms with Crippen LogP contribution in [0.3, 0.4) is 0 Å². The van der Waals surface area contributed by atoms with E-state index in [0.717, 1.165) is 68.5 Å². The van der Waals surface area contributed by atoms with E-state index in [1.165, 1.54) is 32.4 Å². The lowest BCUT2D eigenvalue weighted by Crippen LogP contribution is -2.40. The van der Waals surface area contributed by atoms with Crippen LogP contribution in [-0.2, 0) is 17.8 Å². The maximum Gasteiger partial charge on any atom is 0.490 e. The number of aliphatic carboxylic acids is 1. The van der Waals surface area contributed by atoms with Gasteiger partial charge in [-0.25, -0.2) is 19.2 Å². The monoisotopic (exact) mass is 541 g/mol. The molecular weight excluding hydrogens is 510 g/mol. The summed E-state index contributed by atoms with van der Waals surface area (Å²) in [6.45, 7) is 3.34. The molecule has 13 heteroatoms. The quantitative estimate of drug-likeness (QED) is 0.469. The first kappa shape index (κ1) is 27.7. The van der Waals surface area contributed by atoms with Gasteiger partial charge in [-0.05, 0) is 31.4 Å². The van der Waals surface area contributed by atoms with E-state index < -0.39 is 12.1 Å². The predicted octanol–water partition coefficient (Wildman–Crippen LogP) is 3.92. The Balaban J connectivity index is 0.000000426. The van der Waals surface area contributed by atoms with E-state index in [2.05, 4.69) is 15.5 Å². The van der Waals surface area contributed by atoms with E-state index in [0.29, 0.717) is 11.8 Å². The van der Waals surface area contributed by atoms with Gasteiger partial charge in [0.2, 0.25) is 0 Å². The molecule has 3 N–H and O–H groups in total. The van der Waals surface area contributed by atoms with Crippen molar-refractivity contribution in [1.29, 1.82) is 0 Å². The van der Waals surface area contributed by atoms with Crippen molar-refractivity contribution < 1.29 is 36.9 Å². The summed E-state index contributed by atoms with van der Waals surface area (Å²) in [5.74, 6) is -0.499. The average Bonchev–Trinajstić information content (AvgIpc) is 2.87. The summed E-state index contributed by atoms with van der Waals surface area (Å²) in [5, 5.41) is 14.2. The number of anilines is 2. The minimum atomic E-state index is -5.08. The SMILES string of the molecule is COc1ccc(OC2CCN(c3nc4c(nc3NC3CCC3)CCNC4)CC2)c(F)c1.O=C(O)C(F)(F)F. The van der Waals surface area contributed by atoms with Crippen LogP contribution < -0.4 is 25.0 Å². The number of aromatic nitrogens is 2. The van der Waals surface area contributed by atoms with E-state index in [4.69, 9.17) is 29.3 Å². The Labute approximate surface area is 217 Å². The standard InChI is InChI=1S/C23H30FN5O2.C2HF3O2/c1-30-17-5-6-21(18(24)13-17)31-16-8-11-29(12-9-16)23-22(26-15-3-2-4-15)27-19-7-10-25-14-20(19)28-23;3-2(4,5)1(6)7/h5-6,13,15-16,25H,2-4,7-12,14H2,1H3,(H,26,27);(H,6,7). The molecule has 208 valence electrons. The molecule has 0 radical (unpaired) electrons. The van der Waals surface area contributed by atoms with Gasteiger partial charge in [0.05, 0.1) is 18.5 Å². The zero-order valence-electron chi connectivity index (χ0n) is 21.0. The molecule has 1 saturated carbocycles. The van der Waals surface area contributed by atoms with Crippen molar-refractivity contribution in [1.82, 2.24) is 15.3 Å². The van der Waals surface area contributed by atoms with Crippen LogP contribution in [0, 0.1) is 5.82 Å². The van der Waals surface area contributed by atoms with Gasteiger partial charge in [-0.3, -0.25) is 0 Å². The largest absolute Gasteiger partial charge is 0.497 e. The molecule has 3 aliphatic rings. The topological polar surface area (TPSA) is 109 Å². The number of alkyl halides is 3. The first-order chi connectivity index (χ1) is 18.1.